The summed E-state index contributed by atoms with van der Waals surface area (Å²) in [5, 5.41) is 132. The maximum atomic E-state index is 13.4. The predicted octanol–water partition coefficient (Wildman–Crippen LogP) is 6.25. The minimum atomic E-state index is -2.92. The van der Waals surface area contributed by atoms with E-state index in [0.717, 1.165) is 38.5 Å². The first-order valence-electron chi connectivity index (χ1n) is 32.9. The third kappa shape index (κ3) is 27.4. The maximum Gasteiger partial charge on any atom is 0.364 e. The molecule has 0 aliphatic carbocycles. The number of carbonyl (C=O) groups is 2. The molecule has 0 radical (unpaired) electrons. The molecule has 494 valence electrons. The van der Waals surface area contributed by atoms with E-state index in [9.17, 15) is 70.9 Å². The summed E-state index contributed by atoms with van der Waals surface area (Å²) < 4.78 is 34.8. The van der Waals surface area contributed by atoms with Gasteiger partial charge in [-0.2, -0.15) is 0 Å². The lowest BCUT2D eigenvalue weighted by Gasteiger charge is -2.50. The number of rotatable bonds is 49. The molecule has 18 atom stereocenters. The standard InChI is InChI=1S/C63H117NO20/c1-4-6-8-10-12-14-16-18-19-20-21-22-23-24-26-28-30-32-34-36-38-51(71)64-45(46(68)37-35-33-31-29-27-25-17-15-13-11-9-7-5-2)43-79-60-55(75)54(74)58(50(42-67)81-60)82-61-56(76)59(53(73)49(41-66)80-61)84-63(62(77)78)39-47(69)44(3)57(83-63)52(72)48(70)40-65/h35,37,44-50,52-61,65-70,72-76H,4-34,36,38-43H2,1-3H3,(H,64,71)(H,77,78)/b37-35+/t44-,45+,46-,47+,48-,49-,50-,52-,53+,54-,55-,56-,57-,58-,59+,60-,61+,63+/m1/s1. The van der Waals surface area contributed by atoms with Crippen LogP contribution in [0.25, 0.3) is 0 Å². The predicted molar refractivity (Wildman–Crippen MR) is 316 cm³/mol. The number of carboxylic acid groups (broad SMARTS) is 1. The molecule has 0 spiro atoms. The molecule has 3 aliphatic rings. The number of aliphatic carboxylic acids is 1. The second-order valence-corrected chi connectivity index (χ2v) is 24.3. The van der Waals surface area contributed by atoms with Gasteiger partial charge in [-0.25, -0.2) is 4.79 Å². The molecule has 13 N–H and O–H groups in total. The summed E-state index contributed by atoms with van der Waals surface area (Å²) in [6.07, 6.45) is 14.7. The van der Waals surface area contributed by atoms with E-state index >= 15 is 0 Å². The fraction of sp³-hybridized carbons (Fsp3) is 0.937. The van der Waals surface area contributed by atoms with Crippen molar-refractivity contribution in [2.24, 2.45) is 5.92 Å². The SMILES string of the molecule is CCCCCCCCCCCCC/C=C/[C@@H](O)[C@H](CO[C@@H]1O[C@H](CO)[C@@H](O[C@@H]2O[C@H](CO)[C@H](O)[C@H](O[C@]3(C(=O)O)C[C@H](O)[C@@H](C)[C@H]([C@H](O)[C@H](O)CO)O3)[C@H]2O)[C@H](O)[C@H]1O)NC(=O)CCCCCCCCCCCCCCCCCCCCCC. The van der Waals surface area contributed by atoms with Gasteiger partial charge in [0.2, 0.25) is 5.91 Å². The van der Waals surface area contributed by atoms with Crippen molar-refractivity contribution in [3.05, 3.63) is 12.2 Å². The number of nitrogens with one attached hydrogen (secondary N) is 1. The molecule has 21 nitrogen and oxygen atoms in total. The number of aliphatic hydroxyl groups excluding tert-OH is 11. The van der Waals surface area contributed by atoms with Crippen molar-refractivity contribution in [2.75, 3.05) is 26.4 Å². The molecule has 0 saturated carbocycles. The van der Waals surface area contributed by atoms with Crippen LogP contribution in [-0.2, 0) is 38.0 Å². The summed E-state index contributed by atoms with van der Waals surface area (Å²) in [4.78, 5) is 26.3. The first-order chi connectivity index (χ1) is 40.5. The zero-order valence-corrected chi connectivity index (χ0v) is 51.5. The molecule has 0 aromatic rings. The van der Waals surface area contributed by atoms with Crippen molar-refractivity contribution in [1.82, 2.24) is 5.32 Å². The highest BCUT2D eigenvalue weighted by molar-refractivity contribution is 5.76. The zero-order valence-electron chi connectivity index (χ0n) is 51.5. The topological polar surface area (TPSA) is 344 Å². The van der Waals surface area contributed by atoms with E-state index in [1.54, 1.807) is 6.08 Å². The van der Waals surface area contributed by atoms with E-state index in [1.165, 1.54) is 161 Å². The minimum absolute atomic E-state index is 0.219. The Morgan fingerprint density at radius 2 is 1.06 bits per heavy atom. The van der Waals surface area contributed by atoms with Crippen LogP contribution in [0.15, 0.2) is 12.2 Å². The van der Waals surface area contributed by atoms with Crippen LogP contribution in [0, 0.1) is 5.92 Å². The monoisotopic (exact) mass is 1210 g/mol. The highest BCUT2D eigenvalue weighted by Gasteiger charge is 2.59. The lowest BCUT2D eigenvalue weighted by Crippen LogP contribution is -2.68. The summed E-state index contributed by atoms with van der Waals surface area (Å²) in [6.45, 7) is 2.69. The molecule has 0 aromatic heterocycles. The van der Waals surface area contributed by atoms with Crippen molar-refractivity contribution in [3.63, 3.8) is 0 Å². The Labute approximate surface area is 502 Å². The lowest BCUT2D eigenvalue weighted by molar-refractivity contribution is -0.388. The summed E-state index contributed by atoms with van der Waals surface area (Å²) in [6, 6.07) is -1.01. The van der Waals surface area contributed by atoms with Gasteiger partial charge in [-0.15, -0.1) is 0 Å². The van der Waals surface area contributed by atoms with Gasteiger partial charge in [-0.3, -0.25) is 4.79 Å². The number of carbonyl (C=O) groups excluding carboxylic acids is 1. The van der Waals surface area contributed by atoms with Crippen LogP contribution in [0.5, 0.6) is 0 Å². The van der Waals surface area contributed by atoms with Crippen LogP contribution >= 0.6 is 0 Å². The Hall–Kier alpha value is -2.00. The molecule has 84 heavy (non-hydrogen) atoms. The summed E-state index contributed by atoms with van der Waals surface area (Å²) in [5.41, 5.74) is 0. The van der Waals surface area contributed by atoms with Crippen LogP contribution < -0.4 is 5.32 Å². The van der Waals surface area contributed by atoms with E-state index in [-0.39, 0.29) is 12.3 Å². The van der Waals surface area contributed by atoms with Crippen LogP contribution in [0.3, 0.4) is 0 Å². The van der Waals surface area contributed by atoms with Crippen molar-refractivity contribution in [1.29, 1.82) is 0 Å². The van der Waals surface area contributed by atoms with Crippen molar-refractivity contribution in [2.45, 2.75) is 343 Å². The van der Waals surface area contributed by atoms with Gasteiger partial charge in [-0.1, -0.05) is 219 Å². The van der Waals surface area contributed by atoms with Crippen LogP contribution in [0.4, 0.5) is 0 Å². The van der Waals surface area contributed by atoms with Gasteiger partial charge in [0.15, 0.2) is 12.6 Å². The van der Waals surface area contributed by atoms with Crippen molar-refractivity contribution >= 4 is 11.9 Å². The molecular formula is C63H117NO20. The number of carboxylic acids is 1. The second-order valence-electron chi connectivity index (χ2n) is 24.3. The largest absolute Gasteiger partial charge is 0.477 e. The third-order valence-electron chi connectivity index (χ3n) is 17.2. The minimum Gasteiger partial charge on any atom is -0.477 e. The summed E-state index contributed by atoms with van der Waals surface area (Å²) in [7, 11) is 0. The average molecular weight is 1210 g/mol. The van der Waals surface area contributed by atoms with Crippen LogP contribution in [-0.4, -0.2) is 203 Å². The Morgan fingerprint density at radius 1 is 0.595 bits per heavy atom. The van der Waals surface area contributed by atoms with Gasteiger partial charge >= 0.3 is 5.97 Å². The van der Waals surface area contributed by atoms with E-state index < -0.39 is 148 Å². The summed E-state index contributed by atoms with van der Waals surface area (Å²) >= 11 is 0. The molecule has 3 rings (SSSR count). The number of ether oxygens (including phenoxy) is 6. The lowest BCUT2D eigenvalue weighted by atomic mass is 9.84. The third-order valence-corrected chi connectivity index (χ3v) is 17.2. The van der Waals surface area contributed by atoms with Gasteiger partial charge in [0, 0.05) is 18.8 Å². The molecular weight excluding hydrogens is 1090 g/mol. The number of allylic oxidation sites excluding steroid dienone is 1. The van der Waals surface area contributed by atoms with Crippen molar-refractivity contribution < 1.29 is 99.3 Å². The van der Waals surface area contributed by atoms with Gasteiger partial charge in [0.25, 0.3) is 5.79 Å². The van der Waals surface area contributed by atoms with Crippen LogP contribution in [0.1, 0.15) is 239 Å². The van der Waals surface area contributed by atoms with Gasteiger partial charge in [0.05, 0.1) is 50.8 Å². The normalized spacial score (nSPS) is 29.9. The smallest absolute Gasteiger partial charge is 0.364 e. The number of hydrogen-bond donors (Lipinski definition) is 13. The van der Waals surface area contributed by atoms with Gasteiger partial charge in [-0.05, 0) is 19.3 Å². The highest BCUT2D eigenvalue weighted by atomic mass is 16.8. The molecule has 0 bridgehead atoms. The maximum absolute atomic E-state index is 13.4. The fourth-order valence-corrected chi connectivity index (χ4v) is 11.6. The molecule has 0 unspecified atom stereocenters. The van der Waals surface area contributed by atoms with E-state index in [2.05, 4.69) is 19.2 Å². The van der Waals surface area contributed by atoms with E-state index in [4.69, 9.17) is 28.4 Å². The molecule has 3 aliphatic heterocycles. The molecule has 3 heterocycles. The molecule has 3 saturated heterocycles. The van der Waals surface area contributed by atoms with Crippen molar-refractivity contribution in [3.8, 4) is 0 Å². The zero-order chi connectivity index (χ0) is 61.7. The number of amides is 1. The van der Waals surface area contributed by atoms with Gasteiger partial charge in [0.1, 0.15) is 61.0 Å². The second kappa shape index (κ2) is 44.4. The Kier molecular flexibility index (Phi) is 40.3. The molecule has 3 fully saturated rings. The summed E-state index contributed by atoms with van der Waals surface area (Å²) in [5.74, 6) is -6.12. The molecule has 21 heteroatoms. The number of aliphatic hydroxyl groups is 11. The number of unbranched alkanes of at least 4 members (excludes halogenated alkanes) is 30. The van der Waals surface area contributed by atoms with E-state index in [1.807, 2.05) is 6.08 Å². The first kappa shape index (κ1) is 76.2. The quantitative estimate of drug-likeness (QED) is 0.0236. The molecule has 0 aromatic carbocycles. The Balaban J connectivity index is 1.57. The first-order valence-corrected chi connectivity index (χ1v) is 32.9. The number of hydrogen-bond acceptors (Lipinski definition) is 19. The molecule has 1 amide bonds. The van der Waals surface area contributed by atoms with Gasteiger partial charge < -0.3 is 95.0 Å². The fourth-order valence-electron chi connectivity index (χ4n) is 11.6. The van der Waals surface area contributed by atoms with Crippen LogP contribution in [0.2, 0.25) is 0 Å². The average Bonchev–Trinajstić information content (AvgIpc) is 1.82. The van der Waals surface area contributed by atoms with E-state index in [0.29, 0.717) is 12.8 Å². The highest BCUT2D eigenvalue weighted by Crippen LogP contribution is 2.40. The Morgan fingerprint density at radius 3 is 1.52 bits per heavy atom. The Bertz CT molecular complexity index is 1700.